The van der Waals surface area contributed by atoms with Gasteiger partial charge in [0.05, 0.1) is 13.0 Å². The van der Waals surface area contributed by atoms with Crippen molar-refractivity contribution in [3.8, 4) is 0 Å². The van der Waals surface area contributed by atoms with Gasteiger partial charge in [-0.2, -0.15) is 0 Å². The molecule has 2 aromatic carbocycles. The van der Waals surface area contributed by atoms with Gasteiger partial charge in [0.25, 0.3) is 0 Å². The summed E-state index contributed by atoms with van der Waals surface area (Å²) in [5.74, 6) is -1.12. The average Bonchev–Trinajstić information content (AvgIpc) is 2.66. The van der Waals surface area contributed by atoms with Crippen LogP contribution in [0.15, 0.2) is 54.6 Å². The van der Waals surface area contributed by atoms with Crippen LogP contribution < -0.4 is 5.32 Å². The number of esters is 1. The second kappa shape index (κ2) is 9.56. The maximum Gasteiger partial charge on any atom is 0.321 e. The van der Waals surface area contributed by atoms with Crippen LogP contribution in [0.2, 0.25) is 0 Å². The minimum absolute atomic E-state index is 0.229. The molecule has 6 heteroatoms. The molecule has 0 radical (unpaired) electrons. The first kappa shape index (κ1) is 19.4. The van der Waals surface area contributed by atoms with Crippen LogP contribution >= 0.6 is 0 Å². The first-order valence-corrected chi connectivity index (χ1v) is 8.43. The fourth-order valence-corrected chi connectivity index (χ4v) is 2.52. The summed E-state index contributed by atoms with van der Waals surface area (Å²) in [6, 6.07) is 15.0. The minimum atomic E-state index is -0.449. The minimum Gasteiger partial charge on any atom is -0.469 e. The van der Waals surface area contributed by atoms with Crippen molar-refractivity contribution in [3.05, 3.63) is 66.0 Å². The maximum atomic E-state index is 13.0. The van der Waals surface area contributed by atoms with Crippen molar-refractivity contribution in [2.75, 3.05) is 25.5 Å². The number of para-hydroxylation sites is 1. The first-order valence-electron chi connectivity index (χ1n) is 8.43. The normalized spacial score (nSPS) is 11.5. The Labute approximate surface area is 152 Å². The number of hydrogen-bond acceptors (Lipinski definition) is 3. The van der Waals surface area contributed by atoms with Gasteiger partial charge in [0, 0.05) is 18.8 Å². The van der Waals surface area contributed by atoms with Crippen LogP contribution in [0.25, 0.3) is 0 Å². The lowest BCUT2D eigenvalue weighted by atomic mass is 10.1. The summed E-state index contributed by atoms with van der Waals surface area (Å²) in [6.45, 7) is 2.34. The molecule has 0 aliphatic heterocycles. The molecule has 1 N–H and O–H groups in total. The number of halogens is 1. The lowest BCUT2D eigenvalue weighted by Gasteiger charge is -2.25. The highest BCUT2D eigenvalue weighted by molar-refractivity contribution is 5.89. The van der Waals surface area contributed by atoms with E-state index in [0.717, 1.165) is 5.56 Å². The molecule has 0 aromatic heterocycles. The smallest absolute Gasteiger partial charge is 0.321 e. The lowest BCUT2D eigenvalue weighted by molar-refractivity contribution is -0.145. The van der Waals surface area contributed by atoms with E-state index >= 15 is 0 Å². The highest BCUT2D eigenvalue weighted by Crippen LogP contribution is 2.11. The number of nitrogens with one attached hydrogen (secondary N) is 1. The van der Waals surface area contributed by atoms with E-state index in [4.69, 9.17) is 4.74 Å². The zero-order valence-electron chi connectivity index (χ0n) is 14.9. The van der Waals surface area contributed by atoms with Crippen molar-refractivity contribution in [1.29, 1.82) is 0 Å². The van der Waals surface area contributed by atoms with Crippen LogP contribution in [-0.4, -0.2) is 37.1 Å². The van der Waals surface area contributed by atoms with Crippen molar-refractivity contribution in [3.63, 3.8) is 0 Å². The SMILES string of the molecule is COC(=O)C(C)CN(CCc1ccc(F)cc1)C(=O)Nc1ccccc1. The molecule has 0 aliphatic rings. The van der Waals surface area contributed by atoms with Gasteiger partial charge in [0.15, 0.2) is 0 Å². The molecule has 138 valence electrons. The Bertz CT molecular complexity index is 720. The molecule has 2 amide bonds. The first-order chi connectivity index (χ1) is 12.5. The number of methoxy groups -OCH3 is 1. The Morgan fingerprint density at radius 1 is 1.12 bits per heavy atom. The second-order valence-corrected chi connectivity index (χ2v) is 6.04. The number of carbonyl (C=O) groups is 2. The standard InChI is InChI=1S/C20H23FN2O3/c1-15(19(24)26-2)14-23(13-12-16-8-10-17(21)11-9-16)20(25)22-18-6-4-3-5-7-18/h3-11,15H,12-14H2,1-2H3,(H,22,25). The zero-order chi connectivity index (χ0) is 18.9. The number of ether oxygens (including phenoxy) is 1. The molecule has 2 rings (SSSR count). The number of anilines is 1. The predicted molar refractivity (Wildman–Crippen MR) is 98.3 cm³/mol. The Kier molecular flexibility index (Phi) is 7.14. The van der Waals surface area contributed by atoms with E-state index in [1.165, 1.54) is 19.2 Å². The number of rotatable bonds is 7. The van der Waals surface area contributed by atoms with Gasteiger partial charge >= 0.3 is 12.0 Å². The fraction of sp³-hybridized carbons (Fsp3) is 0.300. The molecule has 0 bridgehead atoms. The van der Waals surface area contributed by atoms with E-state index < -0.39 is 5.92 Å². The topological polar surface area (TPSA) is 58.6 Å². The van der Waals surface area contributed by atoms with Gasteiger partial charge in [0.2, 0.25) is 0 Å². The van der Waals surface area contributed by atoms with Crippen molar-refractivity contribution in [2.45, 2.75) is 13.3 Å². The van der Waals surface area contributed by atoms with Gasteiger partial charge < -0.3 is 15.0 Å². The highest BCUT2D eigenvalue weighted by Gasteiger charge is 2.21. The van der Waals surface area contributed by atoms with Gasteiger partial charge in [-0.3, -0.25) is 4.79 Å². The Morgan fingerprint density at radius 3 is 2.38 bits per heavy atom. The molecule has 2 aromatic rings. The van der Waals surface area contributed by atoms with Gasteiger partial charge in [-0.15, -0.1) is 0 Å². The summed E-state index contributed by atoms with van der Waals surface area (Å²) < 4.78 is 17.8. The Balaban J connectivity index is 2.05. The second-order valence-electron chi connectivity index (χ2n) is 6.04. The molecule has 0 spiro atoms. The van der Waals surface area contributed by atoms with Crippen LogP contribution in [-0.2, 0) is 16.0 Å². The van der Waals surface area contributed by atoms with Crippen LogP contribution in [0.5, 0.6) is 0 Å². The molecule has 1 unspecified atom stereocenters. The van der Waals surface area contributed by atoms with E-state index in [9.17, 15) is 14.0 Å². The molecular formula is C20H23FN2O3. The summed E-state index contributed by atoms with van der Waals surface area (Å²) in [6.07, 6.45) is 0.552. The summed E-state index contributed by atoms with van der Waals surface area (Å²) in [4.78, 5) is 25.9. The van der Waals surface area contributed by atoms with Crippen molar-refractivity contribution in [2.24, 2.45) is 5.92 Å². The molecule has 0 saturated heterocycles. The molecule has 0 heterocycles. The average molecular weight is 358 g/mol. The lowest BCUT2D eigenvalue weighted by Crippen LogP contribution is -2.41. The van der Waals surface area contributed by atoms with Crippen molar-refractivity contribution in [1.82, 2.24) is 4.90 Å². The van der Waals surface area contributed by atoms with E-state index in [-0.39, 0.29) is 24.4 Å². The van der Waals surface area contributed by atoms with Crippen molar-refractivity contribution >= 4 is 17.7 Å². The summed E-state index contributed by atoms with van der Waals surface area (Å²) in [5.41, 5.74) is 1.59. The predicted octanol–water partition coefficient (Wildman–Crippen LogP) is 3.71. The highest BCUT2D eigenvalue weighted by atomic mass is 19.1. The third-order valence-electron chi connectivity index (χ3n) is 3.99. The molecule has 0 saturated carbocycles. The van der Waals surface area contributed by atoms with E-state index in [0.29, 0.717) is 18.7 Å². The fourth-order valence-electron chi connectivity index (χ4n) is 2.52. The Morgan fingerprint density at radius 2 is 1.77 bits per heavy atom. The molecule has 1 atom stereocenters. The number of benzene rings is 2. The molecule has 0 fully saturated rings. The largest absolute Gasteiger partial charge is 0.469 e. The van der Waals surface area contributed by atoms with E-state index in [1.807, 2.05) is 18.2 Å². The summed E-state index contributed by atoms with van der Waals surface area (Å²) in [5, 5.41) is 2.82. The van der Waals surface area contributed by atoms with Gasteiger partial charge in [-0.1, -0.05) is 37.3 Å². The Hall–Kier alpha value is -2.89. The van der Waals surface area contributed by atoms with Gasteiger partial charge in [-0.25, -0.2) is 9.18 Å². The quantitative estimate of drug-likeness (QED) is 0.768. The monoisotopic (exact) mass is 358 g/mol. The molecule has 26 heavy (non-hydrogen) atoms. The van der Waals surface area contributed by atoms with Gasteiger partial charge in [-0.05, 0) is 36.2 Å². The molecular weight excluding hydrogens is 335 g/mol. The van der Waals surface area contributed by atoms with Crippen LogP contribution in [0.3, 0.4) is 0 Å². The maximum absolute atomic E-state index is 13.0. The third-order valence-corrected chi connectivity index (χ3v) is 3.99. The molecule has 0 aliphatic carbocycles. The number of amides is 2. The van der Waals surface area contributed by atoms with E-state index in [2.05, 4.69) is 5.32 Å². The third kappa shape index (κ3) is 5.88. The number of hydrogen-bond donors (Lipinski definition) is 1. The van der Waals surface area contributed by atoms with Crippen LogP contribution in [0.4, 0.5) is 14.9 Å². The van der Waals surface area contributed by atoms with Gasteiger partial charge in [0.1, 0.15) is 5.82 Å². The summed E-state index contributed by atoms with van der Waals surface area (Å²) in [7, 11) is 1.33. The summed E-state index contributed by atoms with van der Waals surface area (Å²) >= 11 is 0. The zero-order valence-corrected chi connectivity index (χ0v) is 14.9. The number of nitrogens with zero attached hydrogens (tertiary/aromatic N) is 1. The van der Waals surface area contributed by atoms with E-state index in [1.54, 1.807) is 36.1 Å². The number of carbonyl (C=O) groups excluding carboxylic acids is 2. The van der Waals surface area contributed by atoms with Crippen LogP contribution in [0, 0.1) is 11.7 Å². The van der Waals surface area contributed by atoms with Crippen LogP contribution in [0.1, 0.15) is 12.5 Å². The van der Waals surface area contributed by atoms with Crippen molar-refractivity contribution < 1.29 is 18.7 Å². The molecule has 5 nitrogen and oxygen atoms in total. The number of urea groups is 1.